The second kappa shape index (κ2) is 4.84. The van der Waals surface area contributed by atoms with Gasteiger partial charge in [0.15, 0.2) is 0 Å². The second-order valence-electron chi connectivity index (χ2n) is 5.64. The molecule has 3 aliphatic heterocycles. The van der Waals surface area contributed by atoms with Crippen molar-refractivity contribution in [3.63, 3.8) is 0 Å². The van der Waals surface area contributed by atoms with Gasteiger partial charge in [0.2, 0.25) is 0 Å². The number of piperidine rings is 1. The Labute approximate surface area is 103 Å². The van der Waals surface area contributed by atoms with E-state index in [1.807, 2.05) is 0 Å². The molecule has 0 aliphatic carbocycles. The average molecular weight is 241 g/mol. The number of rotatable bonds is 1. The van der Waals surface area contributed by atoms with Crippen LogP contribution in [0.4, 0.5) is 0 Å². The Bertz CT molecular complexity index is 259. The first-order valence-corrected chi connectivity index (χ1v) is 6.94. The van der Waals surface area contributed by atoms with Crippen LogP contribution < -0.4 is 0 Å². The van der Waals surface area contributed by atoms with Crippen molar-refractivity contribution in [3.8, 4) is 0 Å². The molecular formula is C13H23NO3. The fourth-order valence-electron chi connectivity index (χ4n) is 3.55. The van der Waals surface area contributed by atoms with Crippen LogP contribution in [-0.4, -0.2) is 60.7 Å². The highest BCUT2D eigenvalue weighted by atomic mass is 16.5. The van der Waals surface area contributed by atoms with Crippen LogP contribution in [-0.2, 0) is 9.47 Å². The predicted octanol–water partition coefficient (Wildman–Crippen LogP) is 0.781. The van der Waals surface area contributed by atoms with Gasteiger partial charge in [-0.2, -0.15) is 0 Å². The average Bonchev–Trinajstić information content (AvgIpc) is 2.84. The highest BCUT2D eigenvalue weighted by Gasteiger charge is 2.47. The first-order chi connectivity index (χ1) is 8.30. The lowest BCUT2D eigenvalue weighted by atomic mass is 9.85. The fraction of sp³-hybridized carbons (Fsp3) is 1.00. The molecule has 0 radical (unpaired) electrons. The van der Waals surface area contributed by atoms with Crippen molar-refractivity contribution >= 4 is 0 Å². The van der Waals surface area contributed by atoms with Crippen LogP contribution in [0.5, 0.6) is 0 Å². The molecule has 1 N–H and O–H groups in total. The van der Waals surface area contributed by atoms with E-state index in [-0.39, 0.29) is 11.7 Å². The van der Waals surface area contributed by atoms with E-state index < -0.39 is 0 Å². The van der Waals surface area contributed by atoms with Gasteiger partial charge in [-0.15, -0.1) is 0 Å². The third kappa shape index (κ3) is 2.24. The Balaban J connectivity index is 1.67. The maximum atomic E-state index is 10.2. The number of nitrogens with zero attached hydrogens (tertiary/aromatic N) is 1. The van der Waals surface area contributed by atoms with Crippen LogP contribution in [0.1, 0.15) is 32.1 Å². The quantitative estimate of drug-likeness (QED) is 0.736. The zero-order valence-corrected chi connectivity index (χ0v) is 10.4. The summed E-state index contributed by atoms with van der Waals surface area (Å²) in [6, 6.07) is 0.636. The van der Waals surface area contributed by atoms with Gasteiger partial charge >= 0.3 is 0 Å². The zero-order chi connectivity index (χ0) is 11.7. The fourth-order valence-corrected chi connectivity index (χ4v) is 3.55. The largest absolute Gasteiger partial charge is 0.390 e. The van der Waals surface area contributed by atoms with Gasteiger partial charge in [-0.25, -0.2) is 0 Å². The smallest absolute Gasteiger partial charge is 0.107 e. The van der Waals surface area contributed by atoms with Crippen molar-refractivity contribution in [2.75, 3.05) is 32.9 Å². The minimum Gasteiger partial charge on any atom is -0.390 e. The molecule has 17 heavy (non-hydrogen) atoms. The molecule has 3 aliphatic rings. The van der Waals surface area contributed by atoms with Gasteiger partial charge < -0.3 is 14.6 Å². The van der Waals surface area contributed by atoms with Gasteiger partial charge in [-0.1, -0.05) is 0 Å². The molecule has 0 unspecified atom stereocenters. The first-order valence-electron chi connectivity index (χ1n) is 6.94. The number of likely N-dealkylation sites (tertiary alicyclic amines) is 1. The summed E-state index contributed by atoms with van der Waals surface area (Å²) in [4.78, 5) is 2.53. The van der Waals surface area contributed by atoms with E-state index in [0.29, 0.717) is 6.04 Å². The minimum atomic E-state index is -0.263. The Morgan fingerprint density at radius 1 is 1.12 bits per heavy atom. The molecular weight excluding hydrogens is 218 g/mol. The molecule has 0 aromatic rings. The van der Waals surface area contributed by atoms with E-state index in [2.05, 4.69) is 4.90 Å². The number of aliphatic hydroxyl groups excluding tert-OH is 1. The van der Waals surface area contributed by atoms with Crippen molar-refractivity contribution in [1.29, 1.82) is 0 Å². The Morgan fingerprint density at radius 3 is 2.65 bits per heavy atom. The number of ether oxygens (including phenoxy) is 2. The summed E-state index contributed by atoms with van der Waals surface area (Å²) in [5, 5.41) is 10.2. The molecule has 0 bridgehead atoms. The van der Waals surface area contributed by atoms with E-state index >= 15 is 0 Å². The molecule has 3 fully saturated rings. The lowest BCUT2D eigenvalue weighted by molar-refractivity contribution is -0.142. The topological polar surface area (TPSA) is 41.9 Å². The van der Waals surface area contributed by atoms with Crippen LogP contribution in [0.15, 0.2) is 0 Å². The number of hydrogen-bond acceptors (Lipinski definition) is 4. The van der Waals surface area contributed by atoms with Gasteiger partial charge in [0.05, 0.1) is 6.10 Å². The van der Waals surface area contributed by atoms with Crippen LogP contribution >= 0.6 is 0 Å². The summed E-state index contributed by atoms with van der Waals surface area (Å²) in [7, 11) is 0. The van der Waals surface area contributed by atoms with Crippen LogP contribution in [0.25, 0.3) is 0 Å². The van der Waals surface area contributed by atoms with E-state index in [0.717, 1.165) is 65.0 Å². The number of aliphatic hydroxyl groups is 1. The van der Waals surface area contributed by atoms with E-state index in [4.69, 9.17) is 9.47 Å². The van der Waals surface area contributed by atoms with Gasteiger partial charge in [0.1, 0.15) is 5.60 Å². The summed E-state index contributed by atoms with van der Waals surface area (Å²) in [6.07, 6.45) is 4.98. The second-order valence-corrected chi connectivity index (χ2v) is 5.64. The van der Waals surface area contributed by atoms with Gasteiger partial charge in [0.25, 0.3) is 0 Å². The van der Waals surface area contributed by atoms with E-state index in [9.17, 15) is 5.11 Å². The Hall–Kier alpha value is -0.160. The summed E-state index contributed by atoms with van der Waals surface area (Å²) in [5.74, 6) is 0. The van der Waals surface area contributed by atoms with Crippen molar-refractivity contribution in [1.82, 2.24) is 4.90 Å². The highest BCUT2D eigenvalue weighted by Crippen LogP contribution is 2.36. The minimum absolute atomic E-state index is 0.253. The van der Waals surface area contributed by atoms with Crippen LogP contribution in [0, 0.1) is 0 Å². The Kier molecular flexibility index (Phi) is 3.39. The van der Waals surface area contributed by atoms with Gasteiger partial charge in [-0.05, 0) is 32.1 Å². The summed E-state index contributed by atoms with van der Waals surface area (Å²) in [5.41, 5.74) is -0.253. The molecule has 0 amide bonds. The molecule has 4 nitrogen and oxygen atoms in total. The van der Waals surface area contributed by atoms with Crippen molar-refractivity contribution in [2.24, 2.45) is 0 Å². The number of hydrogen-bond donors (Lipinski definition) is 1. The van der Waals surface area contributed by atoms with Gasteiger partial charge in [0, 0.05) is 39.0 Å². The Morgan fingerprint density at radius 2 is 1.94 bits per heavy atom. The third-order valence-corrected chi connectivity index (χ3v) is 4.61. The highest BCUT2D eigenvalue weighted by molar-refractivity contribution is 4.99. The van der Waals surface area contributed by atoms with Crippen molar-refractivity contribution < 1.29 is 14.6 Å². The van der Waals surface area contributed by atoms with Crippen LogP contribution in [0.2, 0.25) is 0 Å². The van der Waals surface area contributed by atoms with Crippen molar-refractivity contribution in [2.45, 2.75) is 49.9 Å². The van der Waals surface area contributed by atoms with Crippen molar-refractivity contribution in [3.05, 3.63) is 0 Å². The molecule has 2 atom stereocenters. The summed E-state index contributed by atoms with van der Waals surface area (Å²) in [6.45, 7) is 4.52. The maximum absolute atomic E-state index is 10.2. The standard InChI is InChI=1S/C13H23NO3/c15-12-2-6-14(11-3-8-16-9-4-11)10-13(12)5-1-7-17-13/h11-12,15H,1-10H2/t12-,13-/m0/s1. The summed E-state index contributed by atoms with van der Waals surface area (Å²) < 4.78 is 11.3. The monoisotopic (exact) mass is 241 g/mol. The molecule has 3 rings (SSSR count). The van der Waals surface area contributed by atoms with E-state index in [1.54, 1.807) is 0 Å². The zero-order valence-electron chi connectivity index (χ0n) is 10.4. The molecule has 0 saturated carbocycles. The predicted molar refractivity (Wildman–Crippen MR) is 64.0 cm³/mol. The van der Waals surface area contributed by atoms with Gasteiger partial charge in [-0.3, -0.25) is 4.90 Å². The summed E-state index contributed by atoms with van der Waals surface area (Å²) >= 11 is 0. The third-order valence-electron chi connectivity index (χ3n) is 4.61. The molecule has 98 valence electrons. The maximum Gasteiger partial charge on any atom is 0.107 e. The lowest BCUT2D eigenvalue weighted by Crippen LogP contribution is -2.59. The first kappa shape index (κ1) is 11.9. The SMILES string of the molecule is O[C@H]1CCN(C2CCOCC2)C[C@@]12CCCO2. The molecule has 3 heterocycles. The van der Waals surface area contributed by atoms with E-state index in [1.165, 1.54) is 0 Å². The molecule has 4 heteroatoms. The molecule has 1 spiro atoms. The molecule has 0 aromatic carbocycles. The molecule has 0 aromatic heterocycles. The van der Waals surface area contributed by atoms with Crippen LogP contribution in [0.3, 0.4) is 0 Å². The normalized spacial score (nSPS) is 41.1. The lowest BCUT2D eigenvalue weighted by Gasteiger charge is -2.46. The molecule has 3 saturated heterocycles.